The predicted octanol–water partition coefficient (Wildman–Crippen LogP) is 6.39. The molecule has 2 rings (SSSR count). The number of hydrogen-bond acceptors (Lipinski definition) is 4. The fourth-order valence-corrected chi connectivity index (χ4v) is 4.82. The first-order valence-corrected chi connectivity index (χ1v) is 13.1. The molecule has 5 heteroatoms. The summed E-state index contributed by atoms with van der Waals surface area (Å²) in [7, 11) is -2.50. The van der Waals surface area contributed by atoms with E-state index in [2.05, 4.69) is 52.0 Å². The van der Waals surface area contributed by atoms with Crippen molar-refractivity contribution in [3.05, 3.63) is 64.2 Å². The zero-order chi connectivity index (χ0) is 22.1. The zero-order valence-electron chi connectivity index (χ0n) is 19.4. The molecule has 30 heavy (non-hydrogen) atoms. The van der Waals surface area contributed by atoms with Crippen LogP contribution in [0.15, 0.2) is 36.4 Å². The fraction of sp³-hybridized carbons (Fsp3) is 0.520. The van der Waals surface area contributed by atoms with Gasteiger partial charge in [-0.25, -0.2) is 0 Å². The number of aryl methyl sites for hydroxylation is 3. The maximum atomic E-state index is 12.4. The lowest BCUT2D eigenvalue weighted by Gasteiger charge is -2.16. The molecule has 0 N–H and O–H groups in total. The Balaban J connectivity index is 1.97. The van der Waals surface area contributed by atoms with E-state index in [-0.39, 0.29) is 6.79 Å². The molecule has 0 aromatic heterocycles. The second-order valence-corrected chi connectivity index (χ2v) is 11.2. The van der Waals surface area contributed by atoms with Crippen LogP contribution in [0.2, 0.25) is 0 Å². The van der Waals surface area contributed by atoms with Gasteiger partial charge in [0, 0.05) is 12.8 Å². The van der Waals surface area contributed by atoms with Gasteiger partial charge in [-0.3, -0.25) is 4.57 Å². The Bertz CT molecular complexity index is 820. The second kappa shape index (κ2) is 11.7. The van der Waals surface area contributed by atoms with Gasteiger partial charge in [0.1, 0.15) is 5.75 Å². The molecule has 0 fully saturated rings. The highest BCUT2D eigenvalue weighted by atomic mass is 31.2. The van der Waals surface area contributed by atoms with Crippen molar-refractivity contribution in [1.29, 1.82) is 0 Å². The maximum absolute atomic E-state index is 12.4. The van der Waals surface area contributed by atoms with E-state index in [0.717, 1.165) is 18.6 Å². The number of ether oxygens (including phenoxy) is 2. The summed E-state index contributed by atoms with van der Waals surface area (Å²) in [6.45, 7) is 13.7. The molecule has 0 amide bonds. The van der Waals surface area contributed by atoms with Crippen LogP contribution in [0, 0.1) is 19.8 Å². The molecular formula is C25H37O4P. The van der Waals surface area contributed by atoms with Crippen LogP contribution in [-0.2, 0) is 26.7 Å². The highest BCUT2D eigenvalue weighted by Gasteiger charge is 2.15. The molecule has 1 unspecified atom stereocenters. The van der Waals surface area contributed by atoms with Gasteiger partial charge < -0.3 is 14.0 Å². The third-order valence-corrected chi connectivity index (χ3v) is 6.87. The van der Waals surface area contributed by atoms with Gasteiger partial charge in [-0.05, 0) is 79.5 Å². The number of rotatable bonds is 12. The first-order valence-electron chi connectivity index (χ1n) is 10.8. The van der Waals surface area contributed by atoms with E-state index in [1.807, 2.05) is 19.1 Å². The molecule has 0 heterocycles. The fourth-order valence-electron chi connectivity index (χ4n) is 3.48. The van der Waals surface area contributed by atoms with Crippen LogP contribution in [-0.4, -0.2) is 32.8 Å². The van der Waals surface area contributed by atoms with E-state index < -0.39 is 7.37 Å². The molecule has 0 aliphatic heterocycles. The third kappa shape index (κ3) is 8.26. The van der Waals surface area contributed by atoms with Gasteiger partial charge in [-0.15, -0.1) is 0 Å². The van der Waals surface area contributed by atoms with E-state index in [1.54, 1.807) is 6.66 Å². The number of benzene rings is 2. The lowest BCUT2D eigenvalue weighted by atomic mass is 9.93. The first-order chi connectivity index (χ1) is 14.2. The van der Waals surface area contributed by atoms with Crippen LogP contribution in [0.5, 0.6) is 5.75 Å². The Kier molecular flexibility index (Phi) is 9.61. The quantitative estimate of drug-likeness (QED) is 0.221. The Hall–Kier alpha value is -1.61. The lowest BCUT2D eigenvalue weighted by molar-refractivity contribution is 0.00272. The molecule has 2 aromatic carbocycles. The smallest absolute Gasteiger partial charge is 0.200 e. The topological polar surface area (TPSA) is 44.8 Å². The molecule has 0 aliphatic carbocycles. The van der Waals surface area contributed by atoms with Gasteiger partial charge >= 0.3 is 0 Å². The standard InChI is InChI=1S/C25H37O4P/c1-7-29-30(6,26)13-12-23-14-20(4)25(21(5)15-23)16-22-8-10-24(11-9-22)28-18-27-17-19(2)3/h8-11,14-15,19H,7,12-13,16-18H2,1-6H3. The summed E-state index contributed by atoms with van der Waals surface area (Å²) in [5.41, 5.74) is 6.36. The minimum absolute atomic E-state index is 0.283. The Labute approximate surface area is 182 Å². The van der Waals surface area contributed by atoms with Crippen LogP contribution in [0.25, 0.3) is 0 Å². The first kappa shape index (κ1) is 24.7. The molecule has 2 aromatic rings. The van der Waals surface area contributed by atoms with Gasteiger partial charge in [-0.2, -0.15) is 0 Å². The van der Waals surface area contributed by atoms with Crippen molar-refractivity contribution in [2.45, 2.75) is 47.5 Å². The molecule has 0 aliphatic rings. The lowest BCUT2D eigenvalue weighted by Crippen LogP contribution is -2.08. The summed E-state index contributed by atoms with van der Waals surface area (Å²) in [6.07, 6.45) is 2.25. The summed E-state index contributed by atoms with van der Waals surface area (Å²) >= 11 is 0. The Morgan fingerprint density at radius 2 is 1.63 bits per heavy atom. The number of hydrogen-bond donors (Lipinski definition) is 0. The average molecular weight is 433 g/mol. The van der Waals surface area contributed by atoms with Crippen LogP contribution < -0.4 is 4.74 Å². The van der Waals surface area contributed by atoms with Gasteiger partial charge in [-0.1, -0.05) is 38.1 Å². The maximum Gasteiger partial charge on any atom is 0.200 e. The molecule has 1 atom stereocenters. The largest absolute Gasteiger partial charge is 0.468 e. The van der Waals surface area contributed by atoms with E-state index in [4.69, 9.17) is 14.0 Å². The van der Waals surface area contributed by atoms with Gasteiger partial charge in [0.05, 0.1) is 13.2 Å². The van der Waals surface area contributed by atoms with Crippen LogP contribution in [0.3, 0.4) is 0 Å². The SMILES string of the molecule is CCOP(C)(=O)CCc1cc(C)c(Cc2ccc(OCOCC(C)C)cc2)c(C)c1. The molecule has 166 valence electrons. The summed E-state index contributed by atoms with van der Waals surface area (Å²) in [5, 5.41) is 0. The van der Waals surface area contributed by atoms with Crippen molar-refractivity contribution in [1.82, 2.24) is 0 Å². The van der Waals surface area contributed by atoms with E-state index in [9.17, 15) is 4.57 Å². The minimum atomic E-state index is -2.50. The third-order valence-electron chi connectivity index (χ3n) is 5.03. The van der Waals surface area contributed by atoms with Gasteiger partial charge in [0.25, 0.3) is 0 Å². The molecule has 0 radical (unpaired) electrons. The minimum Gasteiger partial charge on any atom is -0.468 e. The summed E-state index contributed by atoms with van der Waals surface area (Å²) in [5.74, 6) is 1.33. The zero-order valence-corrected chi connectivity index (χ0v) is 20.3. The van der Waals surface area contributed by atoms with Crippen molar-refractivity contribution in [3.63, 3.8) is 0 Å². The van der Waals surface area contributed by atoms with Crippen molar-refractivity contribution < 1.29 is 18.6 Å². The predicted molar refractivity (Wildman–Crippen MR) is 125 cm³/mol. The highest BCUT2D eigenvalue weighted by Crippen LogP contribution is 2.42. The van der Waals surface area contributed by atoms with Crippen molar-refractivity contribution >= 4 is 7.37 Å². The molecule has 0 saturated carbocycles. The molecule has 4 nitrogen and oxygen atoms in total. The Morgan fingerprint density at radius 3 is 2.20 bits per heavy atom. The van der Waals surface area contributed by atoms with Crippen molar-refractivity contribution in [2.24, 2.45) is 5.92 Å². The monoisotopic (exact) mass is 432 g/mol. The molecule has 0 spiro atoms. The van der Waals surface area contributed by atoms with Crippen LogP contribution in [0.4, 0.5) is 0 Å². The molecule has 0 saturated heterocycles. The van der Waals surface area contributed by atoms with Crippen molar-refractivity contribution in [3.8, 4) is 5.75 Å². The van der Waals surface area contributed by atoms with E-state index in [0.29, 0.717) is 25.3 Å². The van der Waals surface area contributed by atoms with Crippen LogP contribution >= 0.6 is 7.37 Å². The summed E-state index contributed by atoms with van der Waals surface area (Å²) in [4.78, 5) is 0. The van der Waals surface area contributed by atoms with E-state index >= 15 is 0 Å². The molecule has 0 bridgehead atoms. The Morgan fingerprint density at radius 1 is 1.00 bits per heavy atom. The normalized spacial score (nSPS) is 13.4. The summed E-state index contributed by atoms with van der Waals surface area (Å²) < 4.78 is 28.9. The second-order valence-electron chi connectivity index (χ2n) is 8.46. The highest BCUT2D eigenvalue weighted by molar-refractivity contribution is 7.58. The van der Waals surface area contributed by atoms with Gasteiger partial charge in [0.15, 0.2) is 6.79 Å². The van der Waals surface area contributed by atoms with Gasteiger partial charge in [0.2, 0.25) is 7.37 Å². The average Bonchev–Trinajstić information content (AvgIpc) is 2.67. The van der Waals surface area contributed by atoms with E-state index in [1.165, 1.54) is 27.8 Å². The van der Waals surface area contributed by atoms with Crippen molar-refractivity contribution in [2.75, 3.05) is 32.8 Å². The van der Waals surface area contributed by atoms with Crippen LogP contribution in [0.1, 0.15) is 48.6 Å². The summed E-state index contributed by atoms with van der Waals surface area (Å²) in [6, 6.07) is 12.7. The molecular weight excluding hydrogens is 395 g/mol.